The van der Waals surface area contributed by atoms with E-state index in [1.54, 1.807) is 4.90 Å². The van der Waals surface area contributed by atoms with Gasteiger partial charge in [-0.2, -0.15) is 0 Å². The Labute approximate surface area is 52.2 Å². The van der Waals surface area contributed by atoms with E-state index in [-0.39, 0.29) is 12.2 Å². The summed E-state index contributed by atoms with van der Waals surface area (Å²) in [5.74, 6) is 0. The van der Waals surface area contributed by atoms with Gasteiger partial charge in [-0.15, -0.1) is 0 Å². The molecule has 4 heteroatoms. The molecule has 0 saturated carbocycles. The molecule has 0 radical (unpaired) electrons. The molecule has 0 aromatic rings. The Morgan fingerprint density at radius 1 is 1.75 bits per heavy atom. The zero-order valence-corrected chi connectivity index (χ0v) is 5.02. The average molecular weight is 136 g/mol. The average Bonchev–Trinajstić information content (AvgIpc) is 2.45. The van der Waals surface area contributed by atoms with Gasteiger partial charge in [0.2, 0.25) is 0 Å². The van der Waals surface area contributed by atoms with E-state index in [4.69, 9.17) is 11.6 Å². The SMILES string of the molecule is O=C(OCCl)N1CC1. The highest BCUT2D eigenvalue weighted by Crippen LogP contribution is 2.05. The van der Waals surface area contributed by atoms with Crippen molar-refractivity contribution in [3.63, 3.8) is 0 Å². The maximum absolute atomic E-state index is 10.4. The van der Waals surface area contributed by atoms with Gasteiger partial charge in [-0.25, -0.2) is 4.79 Å². The minimum absolute atomic E-state index is 0.0463. The fourth-order valence-corrected chi connectivity index (χ4v) is 0.464. The largest absolute Gasteiger partial charge is 0.433 e. The third kappa shape index (κ3) is 1.26. The lowest BCUT2D eigenvalue weighted by Crippen LogP contribution is -2.10. The van der Waals surface area contributed by atoms with E-state index >= 15 is 0 Å². The van der Waals surface area contributed by atoms with Gasteiger partial charge < -0.3 is 9.64 Å². The van der Waals surface area contributed by atoms with Crippen molar-refractivity contribution in [1.29, 1.82) is 0 Å². The van der Waals surface area contributed by atoms with Crippen molar-refractivity contribution in [2.75, 3.05) is 19.2 Å². The van der Waals surface area contributed by atoms with Gasteiger partial charge in [-0.05, 0) is 0 Å². The molecular formula is C4H6ClNO2. The van der Waals surface area contributed by atoms with Gasteiger partial charge in [-0.1, -0.05) is 11.6 Å². The van der Waals surface area contributed by atoms with Crippen molar-refractivity contribution in [3.8, 4) is 0 Å². The highest BCUT2D eigenvalue weighted by Gasteiger charge is 2.24. The van der Waals surface area contributed by atoms with Crippen molar-refractivity contribution in [2.24, 2.45) is 0 Å². The highest BCUT2D eigenvalue weighted by atomic mass is 35.5. The van der Waals surface area contributed by atoms with E-state index in [0.717, 1.165) is 13.1 Å². The molecule has 1 fully saturated rings. The number of alkyl halides is 1. The number of ether oxygens (including phenoxy) is 1. The van der Waals surface area contributed by atoms with Crippen LogP contribution in [0.2, 0.25) is 0 Å². The molecule has 1 amide bonds. The van der Waals surface area contributed by atoms with Crippen LogP contribution in [-0.2, 0) is 4.74 Å². The topological polar surface area (TPSA) is 29.3 Å². The molecule has 1 aliphatic rings. The van der Waals surface area contributed by atoms with Crippen LogP contribution in [0.1, 0.15) is 0 Å². The third-order valence-electron chi connectivity index (χ3n) is 0.883. The lowest BCUT2D eigenvalue weighted by Gasteiger charge is -1.97. The van der Waals surface area contributed by atoms with Gasteiger partial charge in [0.05, 0.1) is 0 Å². The Kier molecular flexibility index (Phi) is 1.58. The maximum Gasteiger partial charge on any atom is 0.411 e. The standard InChI is InChI=1S/C4H6ClNO2/c5-3-8-4(7)6-1-2-6/h1-3H2. The fraction of sp³-hybridized carbons (Fsp3) is 0.750. The quantitative estimate of drug-likeness (QED) is 0.390. The molecule has 3 nitrogen and oxygen atoms in total. The summed E-state index contributed by atoms with van der Waals surface area (Å²) in [5.41, 5.74) is 0. The molecule has 0 aromatic carbocycles. The maximum atomic E-state index is 10.4. The first-order valence-corrected chi connectivity index (χ1v) is 2.85. The number of rotatable bonds is 1. The number of hydrogen-bond donors (Lipinski definition) is 0. The molecule has 1 rings (SSSR count). The van der Waals surface area contributed by atoms with Gasteiger partial charge in [-0.3, -0.25) is 0 Å². The van der Waals surface area contributed by atoms with E-state index in [2.05, 4.69) is 4.74 Å². The Bertz CT molecular complexity index is 102. The van der Waals surface area contributed by atoms with Crippen molar-refractivity contribution in [1.82, 2.24) is 4.90 Å². The van der Waals surface area contributed by atoms with E-state index in [1.807, 2.05) is 0 Å². The van der Waals surface area contributed by atoms with Gasteiger partial charge >= 0.3 is 6.09 Å². The number of hydrogen-bond acceptors (Lipinski definition) is 2. The van der Waals surface area contributed by atoms with Gasteiger partial charge in [0.25, 0.3) is 0 Å². The molecular weight excluding hydrogens is 130 g/mol. The molecule has 1 heterocycles. The molecule has 1 aliphatic heterocycles. The molecule has 8 heavy (non-hydrogen) atoms. The molecule has 0 unspecified atom stereocenters. The smallest absolute Gasteiger partial charge is 0.411 e. The van der Waals surface area contributed by atoms with Crippen LogP contribution in [0.4, 0.5) is 4.79 Å². The van der Waals surface area contributed by atoms with Crippen molar-refractivity contribution >= 4 is 17.7 Å². The van der Waals surface area contributed by atoms with Crippen molar-refractivity contribution in [3.05, 3.63) is 0 Å². The van der Waals surface area contributed by atoms with Crippen LogP contribution in [-0.4, -0.2) is 30.1 Å². The summed E-state index contributed by atoms with van der Waals surface area (Å²) >= 11 is 5.10. The zero-order valence-electron chi connectivity index (χ0n) is 4.26. The molecule has 0 spiro atoms. The molecule has 46 valence electrons. The minimum Gasteiger partial charge on any atom is -0.433 e. The van der Waals surface area contributed by atoms with E-state index in [0.29, 0.717) is 0 Å². The Balaban J connectivity index is 2.13. The predicted molar refractivity (Wildman–Crippen MR) is 28.8 cm³/mol. The van der Waals surface area contributed by atoms with Crippen molar-refractivity contribution < 1.29 is 9.53 Å². The molecule has 0 aliphatic carbocycles. The summed E-state index contributed by atoms with van der Waals surface area (Å²) < 4.78 is 4.42. The second-order valence-electron chi connectivity index (χ2n) is 1.51. The summed E-state index contributed by atoms with van der Waals surface area (Å²) in [5, 5.41) is 0. The lowest BCUT2D eigenvalue weighted by atomic mass is 11.0. The molecule has 0 bridgehead atoms. The monoisotopic (exact) mass is 135 g/mol. The number of carbonyl (C=O) groups excluding carboxylic acids is 1. The molecule has 0 N–H and O–H groups in total. The van der Waals surface area contributed by atoms with Crippen LogP contribution >= 0.6 is 11.6 Å². The van der Waals surface area contributed by atoms with E-state index < -0.39 is 0 Å². The third-order valence-corrected chi connectivity index (χ3v) is 0.993. The fourth-order valence-electron chi connectivity index (χ4n) is 0.371. The van der Waals surface area contributed by atoms with Crippen LogP contribution in [0.25, 0.3) is 0 Å². The second kappa shape index (κ2) is 2.22. The molecule has 0 atom stereocenters. The highest BCUT2D eigenvalue weighted by molar-refractivity contribution is 6.17. The van der Waals surface area contributed by atoms with Crippen LogP contribution in [0.5, 0.6) is 0 Å². The number of nitrogens with zero attached hydrogens (tertiary/aromatic N) is 1. The van der Waals surface area contributed by atoms with Gasteiger partial charge in [0, 0.05) is 13.1 Å². The van der Waals surface area contributed by atoms with Crippen LogP contribution in [0, 0.1) is 0 Å². The first-order chi connectivity index (χ1) is 3.84. The van der Waals surface area contributed by atoms with Crippen molar-refractivity contribution in [2.45, 2.75) is 0 Å². The summed E-state index contributed by atoms with van der Waals surface area (Å²) in [6.07, 6.45) is -0.306. The summed E-state index contributed by atoms with van der Waals surface area (Å²) in [4.78, 5) is 12.0. The zero-order chi connectivity index (χ0) is 5.98. The van der Waals surface area contributed by atoms with E-state index in [9.17, 15) is 4.79 Å². The van der Waals surface area contributed by atoms with Crippen LogP contribution in [0.3, 0.4) is 0 Å². The summed E-state index contributed by atoms with van der Waals surface area (Å²) in [6.45, 7) is 1.63. The first-order valence-electron chi connectivity index (χ1n) is 2.32. The Morgan fingerprint density at radius 3 is 2.75 bits per heavy atom. The minimum atomic E-state index is -0.306. The normalized spacial score (nSPS) is 15.9. The molecule has 0 aromatic heterocycles. The Morgan fingerprint density at radius 2 is 2.38 bits per heavy atom. The second-order valence-corrected chi connectivity index (χ2v) is 1.72. The molecule has 1 saturated heterocycles. The van der Waals surface area contributed by atoms with E-state index in [1.165, 1.54) is 0 Å². The summed E-state index contributed by atoms with van der Waals surface area (Å²) in [6, 6.07) is -0.0463. The predicted octanol–water partition coefficient (Wildman–Crippen LogP) is 0.635. The number of halogens is 1. The number of carbonyl (C=O) groups is 1. The lowest BCUT2D eigenvalue weighted by molar-refractivity contribution is 0.149. The van der Waals surface area contributed by atoms with Gasteiger partial charge in [0.15, 0.2) is 6.07 Å². The summed E-state index contributed by atoms with van der Waals surface area (Å²) in [7, 11) is 0. The number of amides is 1. The Hall–Kier alpha value is -0.440. The van der Waals surface area contributed by atoms with Crippen LogP contribution in [0.15, 0.2) is 0 Å². The van der Waals surface area contributed by atoms with Crippen LogP contribution < -0.4 is 0 Å². The first kappa shape index (κ1) is 5.69. The van der Waals surface area contributed by atoms with Gasteiger partial charge in [0.1, 0.15) is 0 Å².